The number of likely N-dealkylation sites (tertiary alicyclic amines) is 1. The van der Waals surface area contributed by atoms with E-state index < -0.39 is 0 Å². The lowest BCUT2D eigenvalue weighted by Crippen LogP contribution is -2.36. The van der Waals surface area contributed by atoms with Crippen LogP contribution in [0.15, 0.2) is 12.4 Å². The number of Topliss-reactive ketones (excluding diaryl/α,β-unsaturated/α-hetero) is 1. The highest BCUT2D eigenvalue weighted by molar-refractivity contribution is 7.08. The van der Waals surface area contributed by atoms with Crippen LogP contribution in [-0.4, -0.2) is 48.5 Å². The molecule has 126 valence electrons. The van der Waals surface area contributed by atoms with E-state index in [0.717, 1.165) is 31.4 Å². The lowest BCUT2D eigenvalue weighted by Gasteiger charge is -2.23. The molecule has 1 aliphatic heterocycles. The van der Waals surface area contributed by atoms with E-state index in [-0.39, 0.29) is 17.7 Å². The number of ketones is 1. The number of aryl methyl sites for hydroxylation is 1. The Balaban J connectivity index is 1.49. The molecule has 2 aromatic heterocycles. The highest BCUT2D eigenvalue weighted by atomic mass is 32.1. The van der Waals surface area contributed by atoms with Gasteiger partial charge in [0, 0.05) is 38.2 Å². The number of rotatable bonds is 5. The minimum Gasteiger partial charge on any atom is -0.334 e. The van der Waals surface area contributed by atoms with Crippen LogP contribution in [0.4, 0.5) is 0 Å². The van der Waals surface area contributed by atoms with E-state index in [1.54, 1.807) is 24.1 Å². The molecule has 1 saturated carbocycles. The van der Waals surface area contributed by atoms with Crippen molar-refractivity contribution in [3.8, 4) is 0 Å². The van der Waals surface area contributed by atoms with Crippen molar-refractivity contribution in [3.63, 3.8) is 0 Å². The van der Waals surface area contributed by atoms with Crippen molar-refractivity contribution in [1.82, 2.24) is 24.3 Å². The van der Waals surface area contributed by atoms with Gasteiger partial charge in [-0.15, -0.1) is 5.10 Å². The van der Waals surface area contributed by atoms with E-state index in [9.17, 15) is 9.59 Å². The lowest BCUT2D eigenvalue weighted by atomic mass is 10.0. The van der Waals surface area contributed by atoms with Gasteiger partial charge in [0.1, 0.15) is 4.88 Å². The molecule has 0 radical (unpaired) electrons. The molecule has 0 N–H and O–H groups in total. The third-order valence-electron chi connectivity index (χ3n) is 4.76. The summed E-state index contributed by atoms with van der Waals surface area (Å²) >= 11 is 1.18. The molecule has 1 atom stereocenters. The first-order valence-corrected chi connectivity index (χ1v) is 9.06. The Labute approximate surface area is 143 Å². The highest BCUT2D eigenvalue weighted by Crippen LogP contribution is 2.42. The average Bonchev–Trinajstić information content (AvgIpc) is 2.99. The van der Waals surface area contributed by atoms with Gasteiger partial charge in [-0.2, -0.15) is 5.10 Å². The molecular weight excluding hydrogens is 326 g/mol. The van der Waals surface area contributed by atoms with Crippen molar-refractivity contribution < 1.29 is 9.59 Å². The van der Waals surface area contributed by atoms with Crippen LogP contribution in [0.5, 0.6) is 0 Å². The van der Waals surface area contributed by atoms with E-state index in [4.69, 9.17) is 0 Å². The molecule has 7 nitrogen and oxygen atoms in total. The van der Waals surface area contributed by atoms with Gasteiger partial charge in [-0.3, -0.25) is 14.3 Å². The van der Waals surface area contributed by atoms with E-state index in [1.165, 1.54) is 11.5 Å². The second-order valence-electron chi connectivity index (χ2n) is 6.59. The lowest BCUT2D eigenvalue weighted by molar-refractivity contribution is 0.0720. The zero-order chi connectivity index (χ0) is 16.7. The van der Waals surface area contributed by atoms with Gasteiger partial charge in [0.2, 0.25) is 0 Å². The average molecular weight is 345 g/mol. The second kappa shape index (κ2) is 6.08. The Morgan fingerprint density at radius 3 is 2.88 bits per heavy atom. The molecule has 1 saturated heterocycles. The molecule has 1 unspecified atom stereocenters. The molecule has 3 heterocycles. The minimum absolute atomic E-state index is 0.00612. The fraction of sp³-hybridized carbons (Fsp3) is 0.562. The van der Waals surface area contributed by atoms with Crippen molar-refractivity contribution in [2.75, 3.05) is 6.54 Å². The molecule has 0 spiro atoms. The van der Waals surface area contributed by atoms with E-state index in [1.807, 2.05) is 4.90 Å². The van der Waals surface area contributed by atoms with E-state index >= 15 is 0 Å². The molecule has 2 fully saturated rings. The first kappa shape index (κ1) is 15.4. The van der Waals surface area contributed by atoms with Gasteiger partial charge in [-0.05, 0) is 37.2 Å². The van der Waals surface area contributed by atoms with Crippen LogP contribution in [0.25, 0.3) is 0 Å². The minimum atomic E-state index is -0.0423. The van der Waals surface area contributed by atoms with Gasteiger partial charge in [0.15, 0.2) is 5.78 Å². The number of carbonyl (C=O) groups is 2. The topological polar surface area (TPSA) is 81.0 Å². The largest absolute Gasteiger partial charge is 0.334 e. The number of aromatic nitrogens is 4. The molecule has 1 amide bonds. The maximum absolute atomic E-state index is 12.9. The molecule has 0 bridgehead atoms. The first-order chi connectivity index (χ1) is 11.6. The Morgan fingerprint density at radius 1 is 1.33 bits per heavy atom. The standard InChI is InChI=1S/C16H19N5O2S/c1-20-9-11(8-17-20)13(22)7-12-3-2-6-21(12)16(23)15-14(10-4-5-10)18-19-24-15/h8-10,12H,2-7H2,1H3. The van der Waals surface area contributed by atoms with Crippen molar-refractivity contribution in [2.45, 2.75) is 44.1 Å². The molecule has 1 aliphatic carbocycles. The summed E-state index contributed by atoms with van der Waals surface area (Å²) in [5.74, 6) is 0.437. The summed E-state index contributed by atoms with van der Waals surface area (Å²) in [4.78, 5) is 27.9. The van der Waals surface area contributed by atoms with Gasteiger partial charge in [-0.25, -0.2) is 0 Å². The van der Waals surface area contributed by atoms with Crippen molar-refractivity contribution in [1.29, 1.82) is 0 Å². The van der Waals surface area contributed by atoms with Crippen LogP contribution in [0.3, 0.4) is 0 Å². The van der Waals surface area contributed by atoms with Crippen molar-refractivity contribution in [3.05, 3.63) is 28.5 Å². The third-order valence-corrected chi connectivity index (χ3v) is 5.49. The number of carbonyl (C=O) groups excluding carboxylic acids is 2. The van der Waals surface area contributed by atoms with E-state index in [0.29, 0.717) is 29.3 Å². The van der Waals surface area contributed by atoms with E-state index in [2.05, 4.69) is 14.7 Å². The second-order valence-corrected chi connectivity index (χ2v) is 7.34. The summed E-state index contributed by atoms with van der Waals surface area (Å²) in [6.07, 6.45) is 7.64. The van der Waals surface area contributed by atoms with Gasteiger partial charge in [0.25, 0.3) is 5.91 Å². The first-order valence-electron chi connectivity index (χ1n) is 8.28. The smallest absolute Gasteiger partial charge is 0.267 e. The van der Waals surface area contributed by atoms with Crippen LogP contribution in [0.1, 0.15) is 63.7 Å². The predicted molar refractivity (Wildman–Crippen MR) is 88.1 cm³/mol. The molecule has 24 heavy (non-hydrogen) atoms. The Morgan fingerprint density at radius 2 is 2.17 bits per heavy atom. The molecule has 4 rings (SSSR count). The summed E-state index contributed by atoms with van der Waals surface area (Å²) in [6.45, 7) is 0.700. The van der Waals surface area contributed by atoms with Crippen molar-refractivity contribution >= 4 is 23.2 Å². The van der Waals surface area contributed by atoms with Crippen LogP contribution >= 0.6 is 11.5 Å². The van der Waals surface area contributed by atoms with Gasteiger partial charge in [0.05, 0.1) is 17.5 Å². The molecule has 2 aromatic rings. The summed E-state index contributed by atoms with van der Waals surface area (Å²) in [5.41, 5.74) is 1.46. The van der Waals surface area contributed by atoms with Crippen LogP contribution in [0.2, 0.25) is 0 Å². The Bertz CT molecular complexity index is 779. The fourth-order valence-electron chi connectivity index (χ4n) is 3.31. The van der Waals surface area contributed by atoms with Crippen LogP contribution in [-0.2, 0) is 7.05 Å². The Kier molecular flexibility index (Phi) is 3.91. The molecule has 2 aliphatic rings. The third kappa shape index (κ3) is 2.86. The zero-order valence-electron chi connectivity index (χ0n) is 13.5. The quantitative estimate of drug-likeness (QED) is 0.775. The summed E-state index contributed by atoms with van der Waals surface area (Å²) < 4.78 is 5.60. The normalized spacial score (nSPS) is 20.5. The number of hydrogen-bond donors (Lipinski definition) is 0. The Hall–Kier alpha value is -2.09. The zero-order valence-corrected chi connectivity index (χ0v) is 14.3. The van der Waals surface area contributed by atoms with Crippen molar-refractivity contribution in [2.24, 2.45) is 7.05 Å². The summed E-state index contributed by atoms with van der Waals surface area (Å²) in [7, 11) is 1.79. The monoisotopic (exact) mass is 345 g/mol. The van der Waals surface area contributed by atoms with Gasteiger partial charge >= 0.3 is 0 Å². The molecular formula is C16H19N5O2S. The van der Waals surface area contributed by atoms with Crippen LogP contribution in [0, 0.1) is 0 Å². The summed E-state index contributed by atoms with van der Waals surface area (Å²) in [5, 5.41) is 8.20. The SMILES string of the molecule is Cn1cc(C(=O)CC2CCCN2C(=O)c2snnc2C2CC2)cn1. The number of hydrogen-bond acceptors (Lipinski definition) is 6. The number of nitrogens with zero attached hydrogens (tertiary/aromatic N) is 5. The maximum atomic E-state index is 12.9. The maximum Gasteiger partial charge on any atom is 0.267 e. The molecule has 0 aromatic carbocycles. The summed E-state index contributed by atoms with van der Waals surface area (Å²) in [6, 6.07) is -0.0423. The van der Waals surface area contributed by atoms with Gasteiger partial charge in [-0.1, -0.05) is 4.49 Å². The predicted octanol–water partition coefficient (Wildman–Crippen LogP) is 2.03. The van der Waals surface area contributed by atoms with Gasteiger partial charge < -0.3 is 4.90 Å². The molecule has 8 heteroatoms. The highest BCUT2D eigenvalue weighted by Gasteiger charge is 2.37. The number of amides is 1. The van der Waals surface area contributed by atoms with Crippen LogP contribution < -0.4 is 0 Å². The fourth-order valence-corrected chi connectivity index (χ4v) is 4.02.